The summed E-state index contributed by atoms with van der Waals surface area (Å²) in [4.78, 5) is 38.3. The normalized spacial score (nSPS) is 33.9. The Morgan fingerprint density at radius 3 is 2.26 bits per heavy atom. The molecule has 0 radical (unpaired) electrons. The fourth-order valence-electron chi connectivity index (χ4n) is 9.16. The number of carbonyl (C=O) groups is 3. The molecule has 0 aliphatic heterocycles. The van der Waals surface area contributed by atoms with E-state index in [1.165, 1.54) is 32.6 Å². The van der Waals surface area contributed by atoms with Crippen molar-refractivity contribution in [2.24, 2.45) is 35.0 Å². The molecule has 8 atom stereocenters. The topological polar surface area (TPSA) is 110 Å². The van der Waals surface area contributed by atoms with Crippen LogP contribution in [0, 0.1) is 35.0 Å². The minimum Gasteiger partial charge on any atom is -0.461 e. The Labute approximate surface area is 282 Å². The van der Waals surface area contributed by atoms with Crippen molar-refractivity contribution >= 4 is 17.7 Å². The van der Waals surface area contributed by atoms with Gasteiger partial charge in [0.25, 0.3) is 0 Å². The van der Waals surface area contributed by atoms with Gasteiger partial charge in [0.15, 0.2) is 5.78 Å². The highest BCUT2D eigenvalue weighted by molar-refractivity contribution is 6.00. The maximum absolute atomic E-state index is 13.3. The molecule has 262 valence electrons. The van der Waals surface area contributed by atoms with Crippen LogP contribution in [-0.2, 0) is 23.9 Å². The van der Waals surface area contributed by atoms with E-state index in [-0.39, 0.29) is 24.3 Å². The summed E-state index contributed by atoms with van der Waals surface area (Å²) in [5.74, 6) is -3.23. The van der Waals surface area contributed by atoms with Crippen molar-refractivity contribution < 1.29 is 34.1 Å². The van der Waals surface area contributed by atoms with Crippen LogP contribution in [0.4, 0.5) is 0 Å². The number of rotatable bonds is 17. The Morgan fingerprint density at radius 2 is 1.60 bits per heavy atom. The summed E-state index contributed by atoms with van der Waals surface area (Å²) in [5, 5.41) is 24.1. The lowest BCUT2D eigenvalue weighted by molar-refractivity contribution is -0.207. The maximum atomic E-state index is 13.3. The first-order valence-electron chi connectivity index (χ1n) is 18.3. The average molecular weight is 653 g/mol. The largest absolute Gasteiger partial charge is 0.461 e. The standard InChI is InChI=1S/C40H60O7/c1-7-8-9-10-11-12-13-14-15-16-17-18-19-20-21-22-34(42)46-26-30-24-31-32(23-27(2)35(31)43)39(45)28(3)37(44)40(47-29(4)41)36(33(39)25-30)38(40,5)6/h11-12,14-15,23,25,28,31-33,36-37,44-45H,7-10,13,16-22,24,26H2,1-6H3/b12-11-,15-14-/t28-,31+,32+,33+,36-,37-,39+,40-/m1/s1. The molecule has 0 aromatic carbocycles. The number of allylic oxidation sites excluding steroid dienone is 5. The van der Waals surface area contributed by atoms with E-state index >= 15 is 0 Å². The predicted octanol–water partition coefficient (Wildman–Crippen LogP) is 7.75. The second-order valence-corrected chi connectivity index (χ2v) is 15.2. The van der Waals surface area contributed by atoms with Gasteiger partial charge in [0, 0.05) is 48.3 Å². The molecule has 7 heteroatoms. The molecule has 7 nitrogen and oxygen atoms in total. The van der Waals surface area contributed by atoms with Crippen LogP contribution in [0.5, 0.6) is 0 Å². The summed E-state index contributed by atoms with van der Waals surface area (Å²) in [6.45, 7) is 11.1. The lowest BCUT2D eigenvalue weighted by atomic mass is 9.60. The van der Waals surface area contributed by atoms with Crippen molar-refractivity contribution in [1.29, 1.82) is 0 Å². The quantitative estimate of drug-likeness (QED) is 0.0939. The van der Waals surface area contributed by atoms with Crippen LogP contribution in [0.1, 0.15) is 125 Å². The van der Waals surface area contributed by atoms with E-state index in [0.717, 1.165) is 50.5 Å². The van der Waals surface area contributed by atoms with E-state index in [4.69, 9.17) is 9.47 Å². The Morgan fingerprint density at radius 1 is 0.957 bits per heavy atom. The number of esters is 2. The SMILES string of the molecule is CCCCC/C=C\C/C=C\CCCCCCCC(=O)OCC1=C[C@H]2[C@@H]3C(C)(C)[C@]3(OC(C)=O)[C@H](O)[C@@H](C)[C@]2(O)[C@H]2C=C(C)C(=O)[C@H]2C1. The number of aliphatic hydroxyl groups excluding tert-OH is 1. The fourth-order valence-corrected chi connectivity index (χ4v) is 9.16. The molecule has 0 spiro atoms. The Balaban J connectivity index is 1.28. The van der Waals surface area contributed by atoms with E-state index in [2.05, 4.69) is 31.2 Å². The molecular formula is C40H60O7. The van der Waals surface area contributed by atoms with Gasteiger partial charge in [-0.1, -0.05) is 96.3 Å². The number of hydrogen-bond acceptors (Lipinski definition) is 7. The van der Waals surface area contributed by atoms with Gasteiger partial charge < -0.3 is 19.7 Å². The van der Waals surface area contributed by atoms with Crippen molar-refractivity contribution in [3.63, 3.8) is 0 Å². The lowest BCUT2D eigenvalue weighted by Gasteiger charge is -2.51. The predicted molar refractivity (Wildman–Crippen MR) is 184 cm³/mol. The highest BCUT2D eigenvalue weighted by Gasteiger charge is 2.86. The molecular weight excluding hydrogens is 592 g/mol. The molecule has 47 heavy (non-hydrogen) atoms. The summed E-state index contributed by atoms with van der Waals surface area (Å²) in [6.07, 6.45) is 24.8. The van der Waals surface area contributed by atoms with Crippen LogP contribution in [-0.4, -0.2) is 51.8 Å². The summed E-state index contributed by atoms with van der Waals surface area (Å²) in [6, 6.07) is 0. The minimum atomic E-state index is -1.42. The summed E-state index contributed by atoms with van der Waals surface area (Å²) in [5.41, 5.74) is -1.74. The van der Waals surface area contributed by atoms with E-state index in [1.807, 2.05) is 26.0 Å². The van der Waals surface area contributed by atoms with Crippen LogP contribution in [0.2, 0.25) is 0 Å². The third-order valence-corrected chi connectivity index (χ3v) is 11.8. The van der Waals surface area contributed by atoms with Crippen molar-refractivity contribution in [1.82, 2.24) is 0 Å². The van der Waals surface area contributed by atoms with E-state index in [9.17, 15) is 24.6 Å². The molecule has 0 saturated heterocycles. The van der Waals surface area contributed by atoms with Gasteiger partial charge >= 0.3 is 11.9 Å². The first-order valence-corrected chi connectivity index (χ1v) is 18.3. The molecule has 0 heterocycles. The molecule has 2 fully saturated rings. The molecule has 4 aliphatic carbocycles. The highest BCUT2D eigenvalue weighted by atomic mass is 16.6. The Bertz CT molecular complexity index is 1260. The zero-order valence-electron chi connectivity index (χ0n) is 29.8. The molecule has 0 aromatic rings. The van der Waals surface area contributed by atoms with Crippen LogP contribution in [0.25, 0.3) is 0 Å². The van der Waals surface area contributed by atoms with E-state index in [0.29, 0.717) is 18.4 Å². The van der Waals surface area contributed by atoms with Gasteiger partial charge in [-0.15, -0.1) is 0 Å². The van der Waals surface area contributed by atoms with Crippen LogP contribution in [0.3, 0.4) is 0 Å². The Hall–Kier alpha value is -2.51. The van der Waals surface area contributed by atoms with E-state index in [1.54, 1.807) is 13.8 Å². The second kappa shape index (κ2) is 15.8. The van der Waals surface area contributed by atoms with Gasteiger partial charge in [-0.2, -0.15) is 0 Å². The van der Waals surface area contributed by atoms with Gasteiger partial charge in [0.05, 0.1) is 11.7 Å². The number of aliphatic hydroxyl groups is 2. The van der Waals surface area contributed by atoms with Crippen molar-refractivity contribution in [2.45, 2.75) is 142 Å². The van der Waals surface area contributed by atoms with Gasteiger partial charge in [0.1, 0.15) is 12.2 Å². The number of fused-ring (bicyclic) bond motifs is 5. The lowest BCUT2D eigenvalue weighted by Crippen LogP contribution is -2.62. The zero-order chi connectivity index (χ0) is 34.4. The number of unbranched alkanes of at least 4 members (excludes halogenated alkanes) is 8. The molecule has 2 saturated carbocycles. The van der Waals surface area contributed by atoms with Gasteiger partial charge in [-0.25, -0.2) is 0 Å². The highest BCUT2D eigenvalue weighted by Crippen LogP contribution is 2.76. The smallest absolute Gasteiger partial charge is 0.306 e. The minimum absolute atomic E-state index is 0.0139. The Kier molecular flexibility index (Phi) is 12.5. The van der Waals surface area contributed by atoms with Crippen molar-refractivity contribution in [3.8, 4) is 0 Å². The van der Waals surface area contributed by atoms with Gasteiger partial charge in [0.2, 0.25) is 0 Å². The molecule has 2 N–H and O–H groups in total. The van der Waals surface area contributed by atoms with E-state index < -0.39 is 52.4 Å². The average Bonchev–Trinajstić information content (AvgIpc) is 3.42. The molecule has 0 aromatic heterocycles. The maximum Gasteiger partial charge on any atom is 0.306 e. The summed E-state index contributed by atoms with van der Waals surface area (Å²) in [7, 11) is 0. The summed E-state index contributed by atoms with van der Waals surface area (Å²) < 4.78 is 11.6. The monoisotopic (exact) mass is 652 g/mol. The number of Topliss-reactive ketones (excluding diaryl/α,β-unsaturated/α-hetero) is 1. The van der Waals surface area contributed by atoms with Crippen molar-refractivity contribution in [3.05, 3.63) is 47.6 Å². The summed E-state index contributed by atoms with van der Waals surface area (Å²) >= 11 is 0. The molecule has 0 bridgehead atoms. The number of ether oxygens (including phenoxy) is 2. The molecule has 4 aliphatic rings. The molecule has 4 rings (SSSR count). The van der Waals surface area contributed by atoms with Crippen molar-refractivity contribution in [2.75, 3.05) is 6.61 Å². The first kappa shape index (κ1) is 37.3. The second-order valence-electron chi connectivity index (χ2n) is 15.2. The number of hydrogen-bond donors (Lipinski definition) is 2. The third kappa shape index (κ3) is 7.56. The molecule has 0 amide bonds. The number of ketones is 1. The zero-order valence-corrected chi connectivity index (χ0v) is 29.8. The third-order valence-electron chi connectivity index (χ3n) is 11.8. The first-order chi connectivity index (χ1) is 22.3. The number of carbonyl (C=O) groups excluding carboxylic acids is 3. The van der Waals surface area contributed by atoms with Gasteiger partial charge in [-0.05, 0) is 63.0 Å². The molecule has 0 unspecified atom stereocenters. The van der Waals surface area contributed by atoms with Crippen LogP contribution in [0.15, 0.2) is 47.6 Å². The van der Waals surface area contributed by atoms with Crippen LogP contribution >= 0.6 is 0 Å². The van der Waals surface area contributed by atoms with Gasteiger partial charge in [-0.3, -0.25) is 14.4 Å². The fraction of sp³-hybridized carbons (Fsp3) is 0.725. The van der Waals surface area contributed by atoms with Crippen LogP contribution < -0.4 is 0 Å².